The van der Waals surface area contributed by atoms with Crippen LogP contribution >= 0.6 is 15.9 Å². The van der Waals surface area contributed by atoms with Gasteiger partial charge in [0.15, 0.2) is 5.65 Å². The molecule has 4 nitrogen and oxygen atoms in total. The van der Waals surface area contributed by atoms with Crippen LogP contribution in [0.25, 0.3) is 11.2 Å². The molecule has 2 rings (SSSR count). The van der Waals surface area contributed by atoms with E-state index in [0.717, 1.165) is 34.3 Å². The van der Waals surface area contributed by atoms with Crippen molar-refractivity contribution in [3.05, 3.63) is 22.6 Å². The molecule has 2 heterocycles. The van der Waals surface area contributed by atoms with Crippen molar-refractivity contribution < 1.29 is 0 Å². The molecule has 1 atom stereocenters. The van der Waals surface area contributed by atoms with Gasteiger partial charge in [-0.15, -0.1) is 0 Å². The molecule has 0 spiro atoms. The van der Waals surface area contributed by atoms with E-state index < -0.39 is 0 Å². The number of aryl methyl sites for hydroxylation is 1. The van der Waals surface area contributed by atoms with Gasteiger partial charge in [0.05, 0.1) is 12.0 Å². The molecule has 0 bridgehead atoms. The van der Waals surface area contributed by atoms with Crippen LogP contribution in [0.4, 0.5) is 0 Å². The molecule has 0 saturated heterocycles. The van der Waals surface area contributed by atoms with Crippen molar-refractivity contribution in [2.75, 3.05) is 0 Å². The summed E-state index contributed by atoms with van der Waals surface area (Å²) in [6, 6.07) is 4.23. The number of nitrogens with zero attached hydrogens (tertiary/aromatic N) is 4. The number of imidazole rings is 1. The van der Waals surface area contributed by atoms with Crippen LogP contribution in [-0.4, -0.2) is 14.5 Å². The van der Waals surface area contributed by atoms with Crippen LogP contribution in [0.3, 0.4) is 0 Å². The smallest absolute Gasteiger partial charge is 0.160 e. The van der Waals surface area contributed by atoms with Crippen molar-refractivity contribution in [2.45, 2.75) is 33.2 Å². The summed E-state index contributed by atoms with van der Waals surface area (Å²) in [6.45, 7) is 4.69. The van der Waals surface area contributed by atoms with E-state index in [1.165, 1.54) is 0 Å². The Bertz CT molecular complexity index is 597. The van der Waals surface area contributed by atoms with E-state index in [-0.39, 0.29) is 5.92 Å². The molecule has 0 saturated carbocycles. The van der Waals surface area contributed by atoms with Crippen molar-refractivity contribution in [2.24, 2.45) is 5.92 Å². The first-order chi connectivity index (χ1) is 8.65. The third kappa shape index (κ3) is 2.54. The fourth-order valence-electron chi connectivity index (χ4n) is 1.95. The van der Waals surface area contributed by atoms with Crippen molar-refractivity contribution in [3.63, 3.8) is 0 Å². The van der Waals surface area contributed by atoms with Gasteiger partial charge in [0.25, 0.3) is 0 Å². The summed E-state index contributed by atoms with van der Waals surface area (Å²) in [7, 11) is 0. The standard InChI is InChI=1S/C13H15BrN4/c1-3-4-12-17-11-5-10(14)7-16-13(11)18(12)8-9(2)6-15/h5,7,9H,3-4,8H2,1-2H3. The van der Waals surface area contributed by atoms with Crippen molar-refractivity contribution >= 4 is 27.1 Å². The summed E-state index contributed by atoms with van der Waals surface area (Å²) in [6.07, 6.45) is 3.71. The van der Waals surface area contributed by atoms with Gasteiger partial charge in [-0.1, -0.05) is 6.92 Å². The molecule has 0 amide bonds. The summed E-state index contributed by atoms with van der Waals surface area (Å²) in [5, 5.41) is 8.96. The Morgan fingerprint density at radius 2 is 2.33 bits per heavy atom. The van der Waals surface area contributed by atoms with Crippen LogP contribution in [0.5, 0.6) is 0 Å². The number of fused-ring (bicyclic) bond motifs is 1. The lowest BCUT2D eigenvalue weighted by atomic mass is 10.2. The van der Waals surface area contributed by atoms with Crippen LogP contribution in [-0.2, 0) is 13.0 Å². The third-order valence-corrected chi connectivity index (χ3v) is 3.21. The Labute approximate surface area is 115 Å². The maximum Gasteiger partial charge on any atom is 0.160 e. The van der Waals surface area contributed by atoms with Gasteiger partial charge in [-0.2, -0.15) is 5.26 Å². The summed E-state index contributed by atoms with van der Waals surface area (Å²) in [5.41, 5.74) is 1.75. The summed E-state index contributed by atoms with van der Waals surface area (Å²) in [5.74, 6) is 0.976. The Hall–Kier alpha value is -1.41. The molecule has 1 unspecified atom stereocenters. The van der Waals surface area contributed by atoms with Crippen LogP contribution < -0.4 is 0 Å². The molecule has 0 aliphatic heterocycles. The van der Waals surface area contributed by atoms with E-state index in [2.05, 4.69) is 43.5 Å². The number of hydrogen-bond donors (Lipinski definition) is 0. The minimum absolute atomic E-state index is 0.0385. The summed E-state index contributed by atoms with van der Waals surface area (Å²) < 4.78 is 3.00. The van der Waals surface area contributed by atoms with E-state index >= 15 is 0 Å². The first kappa shape index (κ1) is 13.0. The monoisotopic (exact) mass is 306 g/mol. The van der Waals surface area contributed by atoms with Gasteiger partial charge >= 0.3 is 0 Å². The summed E-state index contributed by atoms with van der Waals surface area (Å²) >= 11 is 3.41. The van der Waals surface area contributed by atoms with E-state index in [1.807, 2.05) is 13.0 Å². The lowest BCUT2D eigenvalue weighted by Gasteiger charge is -2.08. The highest BCUT2D eigenvalue weighted by Crippen LogP contribution is 2.20. The zero-order valence-electron chi connectivity index (χ0n) is 10.5. The Balaban J connectivity index is 2.52. The van der Waals surface area contributed by atoms with E-state index in [1.54, 1.807) is 6.20 Å². The minimum Gasteiger partial charge on any atom is -0.311 e. The molecule has 2 aromatic rings. The number of nitriles is 1. The van der Waals surface area contributed by atoms with Crippen molar-refractivity contribution in [1.82, 2.24) is 14.5 Å². The van der Waals surface area contributed by atoms with Gasteiger partial charge in [0.2, 0.25) is 0 Å². The molecular weight excluding hydrogens is 292 g/mol. The topological polar surface area (TPSA) is 54.5 Å². The zero-order chi connectivity index (χ0) is 13.1. The van der Waals surface area contributed by atoms with E-state index in [4.69, 9.17) is 5.26 Å². The second-order valence-electron chi connectivity index (χ2n) is 4.42. The molecule has 18 heavy (non-hydrogen) atoms. The number of aromatic nitrogens is 3. The highest BCUT2D eigenvalue weighted by molar-refractivity contribution is 9.10. The molecule has 0 N–H and O–H groups in total. The Kier molecular flexibility index (Phi) is 3.97. The van der Waals surface area contributed by atoms with E-state index in [0.29, 0.717) is 6.54 Å². The molecule has 5 heteroatoms. The molecule has 94 valence electrons. The fourth-order valence-corrected chi connectivity index (χ4v) is 2.27. The third-order valence-electron chi connectivity index (χ3n) is 2.78. The van der Waals surface area contributed by atoms with E-state index in [9.17, 15) is 0 Å². The maximum atomic E-state index is 8.96. The lowest BCUT2D eigenvalue weighted by Crippen LogP contribution is -2.10. The normalized spacial score (nSPS) is 12.6. The maximum absolute atomic E-state index is 8.96. The van der Waals surface area contributed by atoms with Gasteiger partial charge in [-0.25, -0.2) is 9.97 Å². The zero-order valence-corrected chi connectivity index (χ0v) is 12.1. The van der Waals surface area contributed by atoms with Gasteiger partial charge < -0.3 is 4.57 Å². The van der Waals surface area contributed by atoms with Crippen LogP contribution in [0.1, 0.15) is 26.1 Å². The second-order valence-corrected chi connectivity index (χ2v) is 5.33. The van der Waals surface area contributed by atoms with Crippen molar-refractivity contribution in [1.29, 1.82) is 5.26 Å². The second kappa shape index (κ2) is 5.49. The van der Waals surface area contributed by atoms with Gasteiger partial charge in [-0.05, 0) is 35.3 Å². The molecule has 0 aromatic carbocycles. The summed E-state index contributed by atoms with van der Waals surface area (Å²) in [4.78, 5) is 9.03. The Morgan fingerprint density at radius 3 is 3.00 bits per heavy atom. The fraction of sp³-hybridized carbons (Fsp3) is 0.462. The SMILES string of the molecule is CCCc1nc2cc(Br)cnc2n1CC(C)C#N. The number of rotatable bonds is 4. The number of halogens is 1. The first-order valence-corrected chi connectivity index (χ1v) is 6.85. The van der Waals surface area contributed by atoms with Crippen LogP contribution in [0.2, 0.25) is 0 Å². The van der Waals surface area contributed by atoms with Crippen LogP contribution in [0, 0.1) is 17.2 Å². The number of hydrogen-bond acceptors (Lipinski definition) is 3. The molecular formula is C13H15BrN4. The molecule has 0 fully saturated rings. The average Bonchev–Trinajstić information content (AvgIpc) is 2.67. The highest BCUT2D eigenvalue weighted by Gasteiger charge is 2.13. The largest absolute Gasteiger partial charge is 0.311 e. The average molecular weight is 307 g/mol. The van der Waals surface area contributed by atoms with Crippen LogP contribution in [0.15, 0.2) is 16.7 Å². The predicted molar refractivity (Wildman–Crippen MR) is 74.0 cm³/mol. The predicted octanol–water partition coefficient (Wildman–Crippen LogP) is 3.31. The quantitative estimate of drug-likeness (QED) is 0.871. The Morgan fingerprint density at radius 1 is 1.56 bits per heavy atom. The lowest BCUT2D eigenvalue weighted by molar-refractivity contribution is 0.563. The highest BCUT2D eigenvalue weighted by atomic mass is 79.9. The molecule has 0 radical (unpaired) electrons. The van der Waals surface area contributed by atoms with Crippen molar-refractivity contribution in [3.8, 4) is 6.07 Å². The minimum atomic E-state index is -0.0385. The number of pyridine rings is 1. The van der Waals surface area contributed by atoms with Gasteiger partial charge in [0.1, 0.15) is 11.3 Å². The van der Waals surface area contributed by atoms with Gasteiger partial charge in [-0.3, -0.25) is 0 Å². The molecule has 2 aromatic heterocycles. The molecule has 0 aliphatic rings. The molecule has 0 aliphatic carbocycles. The van der Waals surface area contributed by atoms with Gasteiger partial charge in [0, 0.05) is 23.6 Å². The first-order valence-electron chi connectivity index (χ1n) is 6.06.